The molecule has 4 nitrogen and oxygen atoms in total. The fraction of sp³-hybridized carbons (Fsp3) is 0.833. The molecule has 0 saturated heterocycles. The van der Waals surface area contributed by atoms with Gasteiger partial charge in [0, 0.05) is 12.6 Å². The van der Waals surface area contributed by atoms with Crippen LogP contribution in [0.5, 0.6) is 0 Å². The van der Waals surface area contributed by atoms with Gasteiger partial charge >= 0.3 is 6.09 Å². The minimum absolute atomic E-state index is 0.0869. The minimum Gasteiger partial charge on any atom is -0.465 e. The summed E-state index contributed by atoms with van der Waals surface area (Å²) < 4.78 is 0. The molecule has 1 amide bonds. The summed E-state index contributed by atoms with van der Waals surface area (Å²) in [5, 5.41) is 10.4. The van der Waals surface area contributed by atoms with Crippen LogP contribution in [0.25, 0.3) is 0 Å². The number of amides is 1. The van der Waals surface area contributed by atoms with Gasteiger partial charge in [0.05, 0.1) is 0 Å². The Balaban J connectivity index is 3.39. The smallest absolute Gasteiger partial charge is 0.404 e. The number of hydrogen-bond acceptors (Lipinski definition) is 2. The normalized spacial score (nSPS) is 13.2. The molecule has 0 aliphatic carbocycles. The van der Waals surface area contributed by atoms with Crippen molar-refractivity contribution in [1.29, 1.82) is 0 Å². The second-order valence-corrected chi connectivity index (χ2v) is 2.59. The van der Waals surface area contributed by atoms with E-state index < -0.39 is 6.09 Å². The van der Waals surface area contributed by atoms with Crippen molar-refractivity contribution in [1.82, 2.24) is 5.32 Å². The van der Waals surface area contributed by atoms with Gasteiger partial charge in [-0.2, -0.15) is 0 Å². The van der Waals surface area contributed by atoms with Crippen molar-refractivity contribution in [3.8, 4) is 0 Å². The van der Waals surface area contributed by atoms with Crippen molar-refractivity contribution in [2.75, 3.05) is 6.54 Å². The first-order chi connectivity index (χ1) is 4.54. The van der Waals surface area contributed by atoms with Crippen molar-refractivity contribution in [2.24, 2.45) is 11.7 Å². The Kier molecular flexibility index (Phi) is 3.79. The van der Waals surface area contributed by atoms with Gasteiger partial charge in [0.25, 0.3) is 0 Å². The van der Waals surface area contributed by atoms with Gasteiger partial charge in [-0.1, -0.05) is 13.8 Å². The van der Waals surface area contributed by atoms with Gasteiger partial charge in [-0.15, -0.1) is 0 Å². The van der Waals surface area contributed by atoms with Crippen LogP contribution in [0.1, 0.15) is 13.8 Å². The molecule has 0 heterocycles. The zero-order valence-corrected chi connectivity index (χ0v) is 6.29. The van der Waals surface area contributed by atoms with E-state index >= 15 is 0 Å². The van der Waals surface area contributed by atoms with Gasteiger partial charge in [-0.25, -0.2) is 4.79 Å². The van der Waals surface area contributed by atoms with Crippen molar-refractivity contribution in [3.05, 3.63) is 0 Å². The van der Waals surface area contributed by atoms with Crippen molar-refractivity contribution >= 4 is 6.09 Å². The van der Waals surface area contributed by atoms with Crippen LogP contribution in [-0.4, -0.2) is 23.8 Å². The Morgan fingerprint density at radius 3 is 2.50 bits per heavy atom. The van der Waals surface area contributed by atoms with Crippen LogP contribution in [-0.2, 0) is 0 Å². The quantitative estimate of drug-likeness (QED) is 0.533. The standard InChI is InChI=1S/C6H14N2O2/c1-4(2)5(7)3-8-6(9)10/h4-5,8H,3,7H2,1-2H3,(H,9,10). The highest BCUT2D eigenvalue weighted by Gasteiger charge is 2.07. The van der Waals surface area contributed by atoms with Crippen LogP contribution in [0.4, 0.5) is 4.79 Å². The molecular weight excluding hydrogens is 132 g/mol. The fourth-order valence-corrected chi connectivity index (χ4v) is 0.441. The van der Waals surface area contributed by atoms with E-state index in [2.05, 4.69) is 5.32 Å². The molecule has 0 aromatic carbocycles. The average Bonchev–Trinajstić information content (AvgIpc) is 1.82. The number of hydrogen-bond donors (Lipinski definition) is 3. The predicted molar refractivity (Wildman–Crippen MR) is 38.8 cm³/mol. The van der Waals surface area contributed by atoms with E-state index in [0.717, 1.165) is 0 Å². The third-order valence-corrected chi connectivity index (χ3v) is 1.35. The van der Waals surface area contributed by atoms with Crippen molar-refractivity contribution in [2.45, 2.75) is 19.9 Å². The third kappa shape index (κ3) is 4.14. The third-order valence-electron chi connectivity index (χ3n) is 1.35. The van der Waals surface area contributed by atoms with Crippen LogP contribution >= 0.6 is 0 Å². The number of carbonyl (C=O) groups is 1. The maximum Gasteiger partial charge on any atom is 0.404 e. The summed E-state index contributed by atoms with van der Waals surface area (Å²) in [6.45, 7) is 4.23. The van der Waals surface area contributed by atoms with Gasteiger partial charge in [0.15, 0.2) is 0 Å². The van der Waals surface area contributed by atoms with Crippen molar-refractivity contribution < 1.29 is 9.90 Å². The first kappa shape index (κ1) is 9.23. The second kappa shape index (κ2) is 4.11. The molecule has 0 rings (SSSR count). The molecule has 0 saturated carbocycles. The number of rotatable bonds is 3. The van der Waals surface area contributed by atoms with E-state index in [1.54, 1.807) is 0 Å². The summed E-state index contributed by atoms with van der Waals surface area (Å²) in [5.41, 5.74) is 5.54. The minimum atomic E-state index is -1.02. The van der Waals surface area contributed by atoms with E-state index in [1.165, 1.54) is 0 Å². The molecule has 0 bridgehead atoms. The highest BCUT2D eigenvalue weighted by atomic mass is 16.4. The van der Waals surface area contributed by atoms with Crippen LogP contribution in [0.15, 0.2) is 0 Å². The second-order valence-electron chi connectivity index (χ2n) is 2.59. The molecule has 0 spiro atoms. The molecule has 1 unspecified atom stereocenters. The number of carboxylic acid groups (broad SMARTS) is 1. The van der Waals surface area contributed by atoms with E-state index in [4.69, 9.17) is 10.8 Å². The van der Waals surface area contributed by atoms with Crippen LogP contribution in [0.3, 0.4) is 0 Å². The summed E-state index contributed by atoms with van der Waals surface area (Å²) in [6.07, 6.45) is -1.02. The van der Waals surface area contributed by atoms with Gasteiger partial charge in [-0.3, -0.25) is 0 Å². The topological polar surface area (TPSA) is 75.3 Å². The molecular formula is C6H14N2O2. The molecule has 10 heavy (non-hydrogen) atoms. The molecule has 4 N–H and O–H groups in total. The Hall–Kier alpha value is -0.770. The van der Waals surface area contributed by atoms with Gasteiger partial charge < -0.3 is 16.2 Å². The maximum absolute atomic E-state index is 9.96. The highest BCUT2D eigenvalue weighted by Crippen LogP contribution is 1.95. The Bertz CT molecular complexity index is 114. The van der Waals surface area contributed by atoms with Gasteiger partial charge in [0.1, 0.15) is 0 Å². The number of nitrogens with one attached hydrogen (secondary N) is 1. The Morgan fingerprint density at radius 2 is 2.20 bits per heavy atom. The first-order valence-electron chi connectivity index (χ1n) is 3.26. The monoisotopic (exact) mass is 146 g/mol. The highest BCUT2D eigenvalue weighted by molar-refractivity contribution is 5.64. The summed E-state index contributed by atoms with van der Waals surface area (Å²) in [4.78, 5) is 9.96. The van der Waals surface area contributed by atoms with Crippen molar-refractivity contribution in [3.63, 3.8) is 0 Å². The fourth-order valence-electron chi connectivity index (χ4n) is 0.441. The van der Waals surface area contributed by atoms with E-state index in [0.29, 0.717) is 12.5 Å². The lowest BCUT2D eigenvalue weighted by molar-refractivity contribution is 0.193. The van der Waals surface area contributed by atoms with E-state index in [-0.39, 0.29) is 6.04 Å². The molecule has 0 aromatic heterocycles. The molecule has 0 radical (unpaired) electrons. The predicted octanol–water partition coefficient (Wildman–Crippen LogP) is 0.237. The SMILES string of the molecule is CC(C)C(N)CNC(=O)O. The average molecular weight is 146 g/mol. The zero-order valence-electron chi connectivity index (χ0n) is 6.29. The van der Waals surface area contributed by atoms with Crippen LogP contribution < -0.4 is 11.1 Å². The zero-order chi connectivity index (χ0) is 8.15. The summed E-state index contributed by atoms with van der Waals surface area (Å²) in [5.74, 6) is 0.312. The number of nitrogens with two attached hydrogens (primary N) is 1. The van der Waals surface area contributed by atoms with Crippen LogP contribution in [0, 0.1) is 5.92 Å². The molecule has 0 aromatic rings. The summed E-state index contributed by atoms with van der Waals surface area (Å²) in [7, 11) is 0. The molecule has 60 valence electrons. The molecule has 1 atom stereocenters. The Labute approximate surface area is 60.4 Å². The van der Waals surface area contributed by atoms with E-state index in [1.807, 2.05) is 13.8 Å². The largest absolute Gasteiger partial charge is 0.465 e. The summed E-state index contributed by atoms with van der Waals surface area (Å²) in [6, 6.07) is -0.0869. The lowest BCUT2D eigenvalue weighted by atomic mass is 10.1. The first-order valence-corrected chi connectivity index (χ1v) is 3.26. The molecule has 0 aliphatic heterocycles. The Morgan fingerprint density at radius 1 is 1.70 bits per heavy atom. The van der Waals surface area contributed by atoms with Gasteiger partial charge in [0.2, 0.25) is 0 Å². The van der Waals surface area contributed by atoms with E-state index in [9.17, 15) is 4.79 Å². The van der Waals surface area contributed by atoms with Crippen LogP contribution in [0.2, 0.25) is 0 Å². The molecule has 4 heteroatoms. The summed E-state index contributed by atoms with van der Waals surface area (Å²) >= 11 is 0. The lowest BCUT2D eigenvalue weighted by Gasteiger charge is -2.14. The maximum atomic E-state index is 9.96. The van der Waals surface area contributed by atoms with Gasteiger partial charge in [-0.05, 0) is 5.92 Å². The lowest BCUT2D eigenvalue weighted by Crippen LogP contribution is -2.39. The molecule has 0 fully saturated rings. The molecule has 0 aliphatic rings.